The van der Waals surface area contributed by atoms with E-state index in [-0.39, 0.29) is 29.5 Å². The molecule has 2 unspecified atom stereocenters. The molecule has 1 saturated heterocycles. The van der Waals surface area contributed by atoms with Crippen LogP contribution in [0.5, 0.6) is 0 Å². The average Bonchev–Trinajstić information content (AvgIpc) is 3.56. The van der Waals surface area contributed by atoms with Crippen molar-refractivity contribution in [1.82, 2.24) is 16.2 Å². The molecule has 0 spiro atoms. The van der Waals surface area contributed by atoms with Crippen LogP contribution < -0.4 is 26.4 Å². The highest BCUT2D eigenvalue weighted by atomic mass is 19.1. The smallest absolute Gasteiger partial charge is 0.423 e. The second kappa shape index (κ2) is 8.03. The van der Waals surface area contributed by atoms with Gasteiger partial charge in [0.05, 0.1) is 11.3 Å². The van der Waals surface area contributed by atoms with Crippen molar-refractivity contribution in [3.63, 3.8) is 0 Å². The lowest BCUT2D eigenvalue weighted by Gasteiger charge is -2.25. The number of rotatable bonds is 5. The number of anilines is 2. The zero-order valence-corrected chi connectivity index (χ0v) is 18.2. The van der Waals surface area contributed by atoms with Crippen LogP contribution in [0, 0.1) is 17.7 Å². The summed E-state index contributed by atoms with van der Waals surface area (Å²) in [5.41, 5.74) is 4.12. The lowest BCUT2D eigenvalue weighted by atomic mass is 10.1. The number of amides is 3. The minimum Gasteiger partial charge on any atom is -0.464 e. The minimum atomic E-state index is -1.42. The van der Waals surface area contributed by atoms with Gasteiger partial charge in [0.1, 0.15) is 11.4 Å². The first-order valence-electron chi connectivity index (χ1n) is 10.7. The fourth-order valence-corrected chi connectivity index (χ4v) is 4.12. The number of carboxylic acid groups (broad SMARTS) is 1. The number of nitrogens with one attached hydrogen (secondary N) is 4. The Bertz CT molecular complexity index is 933. The van der Waals surface area contributed by atoms with Crippen molar-refractivity contribution in [3.8, 4) is 0 Å². The highest BCUT2D eigenvalue weighted by Crippen LogP contribution is 2.48. The molecule has 0 radical (unpaired) electrons. The quantitative estimate of drug-likeness (QED) is 0.436. The fraction of sp³-hybridized carbons (Fsp3) is 0.571. The number of halogens is 1. The van der Waals surface area contributed by atoms with E-state index in [2.05, 4.69) is 10.6 Å². The molecule has 3 amide bonds. The van der Waals surface area contributed by atoms with Crippen LogP contribution in [0.1, 0.15) is 44.0 Å². The Kier molecular flexibility index (Phi) is 5.51. The minimum absolute atomic E-state index is 0.0142. The van der Waals surface area contributed by atoms with E-state index in [0.29, 0.717) is 24.5 Å². The predicted octanol–water partition coefficient (Wildman–Crippen LogP) is 2.27. The number of piperidine rings is 1. The molecule has 1 aromatic carbocycles. The number of ether oxygens (including phenoxy) is 1. The van der Waals surface area contributed by atoms with E-state index < -0.39 is 29.5 Å². The third-order valence-corrected chi connectivity index (χ3v) is 5.77. The Morgan fingerprint density at radius 1 is 1.12 bits per heavy atom. The maximum absolute atomic E-state index is 15.0. The van der Waals surface area contributed by atoms with E-state index >= 15 is 0 Å². The summed E-state index contributed by atoms with van der Waals surface area (Å²) >= 11 is 0. The lowest BCUT2D eigenvalue weighted by Crippen LogP contribution is -2.41. The molecule has 10 nitrogen and oxygen atoms in total. The number of carbonyl (C=O) groups excluding carboxylic acids is 2. The van der Waals surface area contributed by atoms with Crippen LogP contribution in [0.25, 0.3) is 0 Å². The normalized spacial score (nSPS) is 23.8. The molecule has 2 atom stereocenters. The largest absolute Gasteiger partial charge is 0.464 e. The molecular weight excluding hydrogens is 421 g/mol. The van der Waals surface area contributed by atoms with Gasteiger partial charge in [0.25, 0.3) is 5.91 Å². The van der Waals surface area contributed by atoms with E-state index in [1.807, 2.05) is 10.3 Å². The van der Waals surface area contributed by atoms with E-state index in [9.17, 15) is 18.8 Å². The molecule has 0 bridgehead atoms. The molecule has 11 heteroatoms. The Morgan fingerprint density at radius 3 is 2.34 bits per heavy atom. The van der Waals surface area contributed by atoms with Crippen LogP contribution in [0.15, 0.2) is 12.1 Å². The third kappa shape index (κ3) is 4.97. The number of hydrogen-bond acceptors (Lipinski definition) is 6. The molecule has 32 heavy (non-hydrogen) atoms. The number of hydrazine groups is 1. The van der Waals surface area contributed by atoms with Crippen LogP contribution >= 0.6 is 0 Å². The molecule has 3 aliphatic rings. The van der Waals surface area contributed by atoms with Crippen LogP contribution in [0.4, 0.5) is 25.4 Å². The summed E-state index contributed by atoms with van der Waals surface area (Å²) in [7, 11) is 0. The van der Waals surface area contributed by atoms with Gasteiger partial charge in [-0.3, -0.25) is 10.2 Å². The second-order valence-electron chi connectivity index (χ2n) is 9.56. The van der Waals surface area contributed by atoms with E-state index in [1.165, 1.54) is 0 Å². The monoisotopic (exact) mass is 449 g/mol. The number of benzene rings is 1. The molecule has 4 rings (SSSR count). The Balaban J connectivity index is 1.43. The highest BCUT2D eigenvalue weighted by molar-refractivity contribution is 6.01. The van der Waals surface area contributed by atoms with Crippen molar-refractivity contribution >= 4 is 29.5 Å². The fourth-order valence-electron chi connectivity index (χ4n) is 4.12. The maximum Gasteiger partial charge on any atom is 0.423 e. The molecule has 2 aliphatic carbocycles. The van der Waals surface area contributed by atoms with Crippen molar-refractivity contribution in [2.45, 2.75) is 51.3 Å². The van der Waals surface area contributed by atoms with Gasteiger partial charge in [0, 0.05) is 42.7 Å². The first kappa shape index (κ1) is 22.0. The zero-order chi connectivity index (χ0) is 23.2. The van der Waals surface area contributed by atoms with Crippen molar-refractivity contribution in [2.75, 3.05) is 23.3 Å². The van der Waals surface area contributed by atoms with Gasteiger partial charge in [-0.25, -0.2) is 19.4 Å². The predicted molar refractivity (Wildman–Crippen MR) is 114 cm³/mol. The summed E-state index contributed by atoms with van der Waals surface area (Å²) in [6.07, 6.45) is 0.0360. The first-order valence-corrected chi connectivity index (χ1v) is 10.7. The van der Waals surface area contributed by atoms with E-state index in [4.69, 9.17) is 9.84 Å². The third-order valence-electron chi connectivity index (χ3n) is 5.77. The van der Waals surface area contributed by atoms with Gasteiger partial charge in [-0.05, 0) is 45.7 Å². The summed E-state index contributed by atoms with van der Waals surface area (Å²) in [4.78, 5) is 36.9. The van der Waals surface area contributed by atoms with Crippen molar-refractivity contribution in [1.29, 1.82) is 0 Å². The number of alkyl carbamates (subject to hydrolysis) is 1. The van der Waals surface area contributed by atoms with Gasteiger partial charge in [0.15, 0.2) is 0 Å². The van der Waals surface area contributed by atoms with Gasteiger partial charge >= 0.3 is 12.2 Å². The van der Waals surface area contributed by atoms with Crippen molar-refractivity contribution < 1.29 is 28.6 Å². The SMILES string of the molecule is CC(C)(C)OC(=O)NC1C2CN(c3cc(NC4CC4)c(C(=O)NNC(=O)O)cc3F)CC21. The molecule has 1 aromatic rings. The molecule has 5 N–H and O–H groups in total. The summed E-state index contributed by atoms with van der Waals surface area (Å²) in [6.45, 7) is 6.58. The average molecular weight is 449 g/mol. The summed E-state index contributed by atoms with van der Waals surface area (Å²) in [5.74, 6) is -0.884. The summed E-state index contributed by atoms with van der Waals surface area (Å²) in [6, 6.07) is 2.95. The van der Waals surface area contributed by atoms with Gasteiger partial charge in [-0.2, -0.15) is 0 Å². The molecule has 2 saturated carbocycles. The molecule has 174 valence electrons. The van der Waals surface area contributed by atoms with Crippen LogP contribution in [0.2, 0.25) is 0 Å². The van der Waals surface area contributed by atoms with Crippen molar-refractivity contribution in [2.24, 2.45) is 11.8 Å². The van der Waals surface area contributed by atoms with Crippen molar-refractivity contribution in [3.05, 3.63) is 23.5 Å². The standard InChI is InChI=1S/C21H28FN5O5/c1-21(2,3)32-20(31)24-17-12-8-27(9-13(12)17)16-7-15(23-10-4-5-10)11(6-14(16)22)18(28)25-26-19(29)30/h6-7,10,12-13,17,23,26H,4-5,8-9H2,1-3H3,(H,24,31)(H,25,28)(H,29,30). The lowest BCUT2D eigenvalue weighted by molar-refractivity contribution is 0.0518. The Hall–Kier alpha value is -3.24. The molecule has 3 fully saturated rings. The summed E-state index contributed by atoms with van der Waals surface area (Å²) < 4.78 is 20.3. The number of fused-ring (bicyclic) bond motifs is 1. The number of nitrogens with zero attached hydrogens (tertiary/aromatic N) is 1. The number of hydrogen-bond donors (Lipinski definition) is 5. The van der Waals surface area contributed by atoms with Crippen LogP contribution in [-0.4, -0.2) is 54.0 Å². The van der Waals surface area contributed by atoms with Gasteiger partial charge in [0.2, 0.25) is 0 Å². The molecule has 0 aromatic heterocycles. The van der Waals surface area contributed by atoms with E-state index in [0.717, 1.165) is 18.9 Å². The second-order valence-corrected chi connectivity index (χ2v) is 9.56. The van der Waals surface area contributed by atoms with Crippen LogP contribution in [-0.2, 0) is 4.74 Å². The molecule has 1 aliphatic heterocycles. The topological polar surface area (TPSA) is 132 Å². The number of carbonyl (C=O) groups is 3. The van der Waals surface area contributed by atoms with Gasteiger partial charge in [-0.15, -0.1) is 0 Å². The van der Waals surface area contributed by atoms with Gasteiger partial charge < -0.3 is 25.4 Å². The highest BCUT2D eigenvalue weighted by Gasteiger charge is 2.57. The van der Waals surface area contributed by atoms with Gasteiger partial charge in [-0.1, -0.05) is 0 Å². The first-order chi connectivity index (χ1) is 15.0. The molecule has 1 heterocycles. The Labute approximate surface area is 184 Å². The van der Waals surface area contributed by atoms with Crippen LogP contribution in [0.3, 0.4) is 0 Å². The Morgan fingerprint density at radius 2 is 1.78 bits per heavy atom. The zero-order valence-electron chi connectivity index (χ0n) is 18.2. The van der Waals surface area contributed by atoms with E-state index in [1.54, 1.807) is 32.3 Å². The summed E-state index contributed by atoms with van der Waals surface area (Å²) in [5, 5.41) is 14.8. The molecular formula is C21H28FN5O5. The maximum atomic E-state index is 15.0.